The van der Waals surface area contributed by atoms with E-state index >= 15 is 0 Å². The van der Waals surface area contributed by atoms with Crippen LogP contribution in [-0.2, 0) is 4.79 Å². The molecule has 0 bridgehead atoms. The Bertz CT molecular complexity index is 178. The minimum Gasteiger partial charge on any atom is -0.334 e. The van der Waals surface area contributed by atoms with Gasteiger partial charge < -0.3 is 4.90 Å². The normalized spacial score (nSPS) is 30.0. The predicted molar refractivity (Wildman–Crippen MR) is 49.8 cm³/mol. The van der Waals surface area contributed by atoms with Crippen LogP contribution in [0.3, 0.4) is 0 Å². The van der Waals surface area contributed by atoms with Gasteiger partial charge in [0.2, 0.25) is 5.91 Å². The zero-order chi connectivity index (χ0) is 9.14. The van der Waals surface area contributed by atoms with Crippen LogP contribution in [0, 0.1) is 0 Å². The Labute approximate surface area is 74.2 Å². The summed E-state index contributed by atoms with van der Waals surface area (Å²) in [5.41, 5.74) is 0. The Morgan fingerprint density at radius 1 is 1.42 bits per heavy atom. The van der Waals surface area contributed by atoms with E-state index in [9.17, 15) is 4.79 Å². The van der Waals surface area contributed by atoms with Gasteiger partial charge in [-0.2, -0.15) is 0 Å². The van der Waals surface area contributed by atoms with E-state index in [2.05, 4.69) is 20.4 Å². The smallest absolute Gasteiger partial charge is 0.246 e. The molecule has 1 heterocycles. The molecular weight excluding hydrogens is 150 g/mol. The third-order valence-corrected chi connectivity index (χ3v) is 2.62. The van der Waals surface area contributed by atoms with Crippen LogP contribution >= 0.6 is 0 Å². The van der Waals surface area contributed by atoms with E-state index < -0.39 is 0 Å². The van der Waals surface area contributed by atoms with Gasteiger partial charge in [-0.25, -0.2) is 0 Å². The summed E-state index contributed by atoms with van der Waals surface area (Å²) in [4.78, 5) is 13.3. The Kier molecular flexibility index (Phi) is 2.90. The monoisotopic (exact) mass is 167 g/mol. The largest absolute Gasteiger partial charge is 0.334 e. The Morgan fingerprint density at radius 2 is 1.92 bits per heavy atom. The molecule has 1 amide bonds. The fourth-order valence-electron chi connectivity index (χ4n) is 1.96. The van der Waals surface area contributed by atoms with Gasteiger partial charge >= 0.3 is 0 Å². The lowest BCUT2D eigenvalue weighted by Crippen LogP contribution is -2.46. The number of amides is 1. The first-order valence-electron chi connectivity index (χ1n) is 4.61. The Hall–Kier alpha value is -0.790. The number of hydrogen-bond donors (Lipinski definition) is 0. The number of carbonyl (C=O) groups excluding carboxylic acids is 1. The third kappa shape index (κ3) is 1.68. The van der Waals surface area contributed by atoms with Crippen LogP contribution in [0.25, 0.3) is 0 Å². The molecule has 0 spiro atoms. The van der Waals surface area contributed by atoms with E-state index in [0.29, 0.717) is 12.1 Å². The second-order valence-corrected chi connectivity index (χ2v) is 3.58. The molecule has 1 saturated heterocycles. The average molecular weight is 167 g/mol. The molecule has 0 aromatic heterocycles. The molecule has 0 radical (unpaired) electrons. The topological polar surface area (TPSA) is 20.3 Å². The maximum Gasteiger partial charge on any atom is 0.246 e. The number of nitrogens with zero attached hydrogens (tertiary/aromatic N) is 1. The first-order valence-corrected chi connectivity index (χ1v) is 4.61. The molecule has 1 rings (SSSR count). The Morgan fingerprint density at radius 3 is 2.33 bits per heavy atom. The summed E-state index contributed by atoms with van der Waals surface area (Å²) in [5.74, 6) is 0.0784. The van der Waals surface area contributed by atoms with Crippen molar-refractivity contribution in [3.63, 3.8) is 0 Å². The highest BCUT2D eigenvalue weighted by Crippen LogP contribution is 2.22. The van der Waals surface area contributed by atoms with Gasteiger partial charge in [0, 0.05) is 12.1 Å². The first kappa shape index (κ1) is 9.30. The lowest BCUT2D eigenvalue weighted by molar-refractivity contribution is -0.131. The van der Waals surface area contributed by atoms with E-state index in [1.807, 2.05) is 4.90 Å². The summed E-state index contributed by atoms with van der Waals surface area (Å²) in [6.07, 6.45) is 4.91. The number of carbonyl (C=O) groups is 1. The summed E-state index contributed by atoms with van der Waals surface area (Å²) in [6.45, 7) is 7.73. The van der Waals surface area contributed by atoms with Crippen LogP contribution in [0.5, 0.6) is 0 Å². The van der Waals surface area contributed by atoms with E-state index in [1.54, 1.807) is 0 Å². The van der Waals surface area contributed by atoms with Crippen LogP contribution in [0.4, 0.5) is 0 Å². The molecule has 0 N–H and O–H groups in total. The van der Waals surface area contributed by atoms with Gasteiger partial charge in [-0.05, 0) is 39.2 Å². The van der Waals surface area contributed by atoms with Crippen molar-refractivity contribution in [3.8, 4) is 0 Å². The molecule has 1 aliphatic heterocycles. The molecule has 0 unspecified atom stereocenters. The summed E-state index contributed by atoms with van der Waals surface area (Å²) in [6, 6.07) is 0.776. The number of rotatable bonds is 1. The fourth-order valence-corrected chi connectivity index (χ4v) is 1.96. The molecule has 2 heteroatoms. The highest BCUT2D eigenvalue weighted by Gasteiger charge is 2.26. The van der Waals surface area contributed by atoms with Crippen LogP contribution in [0.1, 0.15) is 33.1 Å². The van der Waals surface area contributed by atoms with Crippen molar-refractivity contribution in [2.45, 2.75) is 45.2 Å². The van der Waals surface area contributed by atoms with Crippen LogP contribution in [-0.4, -0.2) is 22.9 Å². The molecule has 0 aromatic carbocycles. The van der Waals surface area contributed by atoms with Crippen molar-refractivity contribution in [3.05, 3.63) is 12.7 Å². The molecule has 1 aliphatic rings. The lowest BCUT2D eigenvalue weighted by Gasteiger charge is -2.38. The van der Waals surface area contributed by atoms with Gasteiger partial charge in [-0.15, -0.1) is 0 Å². The van der Waals surface area contributed by atoms with Gasteiger partial charge in [0.15, 0.2) is 0 Å². The minimum atomic E-state index is 0.0784. The summed E-state index contributed by atoms with van der Waals surface area (Å²) in [7, 11) is 0. The van der Waals surface area contributed by atoms with E-state index in [0.717, 1.165) is 12.8 Å². The highest BCUT2D eigenvalue weighted by atomic mass is 16.2. The standard InChI is InChI=1S/C10H17NO/c1-4-10(12)11-8(2)6-5-7-9(11)3/h4,8-9H,1,5-7H2,2-3H3/t8-,9+. The van der Waals surface area contributed by atoms with Crippen LogP contribution in [0.2, 0.25) is 0 Å². The molecule has 2 atom stereocenters. The molecule has 2 nitrogen and oxygen atoms in total. The van der Waals surface area contributed by atoms with Crippen molar-refractivity contribution in [2.75, 3.05) is 0 Å². The van der Waals surface area contributed by atoms with Crippen molar-refractivity contribution in [2.24, 2.45) is 0 Å². The average Bonchev–Trinajstić information content (AvgIpc) is 2.03. The highest BCUT2D eigenvalue weighted by molar-refractivity contribution is 5.87. The van der Waals surface area contributed by atoms with Gasteiger partial charge in [0.25, 0.3) is 0 Å². The maximum absolute atomic E-state index is 11.4. The number of piperidine rings is 1. The summed E-state index contributed by atoms with van der Waals surface area (Å²) in [5, 5.41) is 0. The predicted octanol–water partition coefficient (Wildman–Crippen LogP) is 1.96. The molecule has 12 heavy (non-hydrogen) atoms. The zero-order valence-corrected chi connectivity index (χ0v) is 7.92. The second-order valence-electron chi connectivity index (χ2n) is 3.58. The van der Waals surface area contributed by atoms with Gasteiger partial charge in [0.05, 0.1) is 0 Å². The summed E-state index contributed by atoms with van der Waals surface area (Å²) >= 11 is 0. The zero-order valence-electron chi connectivity index (χ0n) is 7.92. The molecule has 0 aliphatic carbocycles. The minimum absolute atomic E-state index is 0.0784. The molecule has 1 fully saturated rings. The van der Waals surface area contributed by atoms with Gasteiger partial charge in [0.1, 0.15) is 0 Å². The molecular formula is C10H17NO. The van der Waals surface area contributed by atoms with Crippen molar-refractivity contribution in [1.29, 1.82) is 0 Å². The van der Waals surface area contributed by atoms with E-state index in [1.165, 1.54) is 12.5 Å². The lowest BCUT2D eigenvalue weighted by atomic mass is 9.97. The number of hydrogen-bond acceptors (Lipinski definition) is 1. The molecule has 68 valence electrons. The van der Waals surface area contributed by atoms with E-state index in [-0.39, 0.29) is 5.91 Å². The second kappa shape index (κ2) is 3.74. The van der Waals surface area contributed by atoms with Crippen LogP contribution in [0.15, 0.2) is 12.7 Å². The van der Waals surface area contributed by atoms with Gasteiger partial charge in [-0.3, -0.25) is 4.79 Å². The Balaban J connectivity index is 2.68. The van der Waals surface area contributed by atoms with Crippen molar-refractivity contribution >= 4 is 5.91 Å². The summed E-state index contributed by atoms with van der Waals surface area (Å²) < 4.78 is 0. The van der Waals surface area contributed by atoms with Crippen LogP contribution < -0.4 is 0 Å². The molecule has 0 saturated carbocycles. The number of likely N-dealkylation sites (tertiary alicyclic amines) is 1. The fraction of sp³-hybridized carbons (Fsp3) is 0.700. The van der Waals surface area contributed by atoms with E-state index in [4.69, 9.17) is 0 Å². The van der Waals surface area contributed by atoms with Crippen molar-refractivity contribution in [1.82, 2.24) is 4.90 Å². The van der Waals surface area contributed by atoms with Gasteiger partial charge in [-0.1, -0.05) is 6.58 Å². The quantitative estimate of drug-likeness (QED) is 0.547. The SMILES string of the molecule is C=CC(=O)N1[C@H](C)CCC[C@@H]1C. The molecule has 0 aromatic rings. The first-order chi connectivity index (χ1) is 5.66. The third-order valence-electron chi connectivity index (χ3n) is 2.62. The maximum atomic E-state index is 11.4. The van der Waals surface area contributed by atoms with Crippen molar-refractivity contribution < 1.29 is 4.79 Å².